The predicted octanol–water partition coefficient (Wildman–Crippen LogP) is 7.09. The van der Waals surface area contributed by atoms with Crippen molar-refractivity contribution >= 4 is 17.0 Å². The monoisotopic (exact) mass is 323 g/mol. The molecule has 0 aliphatic rings. The van der Waals surface area contributed by atoms with Crippen molar-refractivity contribution in [1.82, 2.24) is 4.57 Å². The van der Waals surface area contributed by atoms with Crippen molar-refractivity contribution < 1.29 is 4.39 Å². The Labute approximate surface area is 144 Å². The fourth-order valence-electron chi connectivity index (χ4n) is 3.08. The average molecular weight is 323 g/mol. The Hall–Kier alpha value is -2.35. The molecule has 2 aromatic carbocycles. The zero-order valence-electron chi connectivity index (χ0n) is 15.2. The second-order valence-electron chi connectivity index (χ2n) is 5.75. The molecule has 1 aromatic heterocycles. The summed E-state index contributed by atoms with van der Waals surface area (Å²) in [5.74, 6) is -0.205. The minimum atomic E-state index is -0.205. The van der Waals surface area contributed by atoms with Gasteiger partial charge in [0, 0.05) is 28.2 Å². The molecule has 1 heterocycles. The molecule has 0 aliphatic carbocycles. The molecule has 0 unspecified atom stereocenters. The normalized spacial score (nSPS) is 11.1. The average Bonchev–Trinajstić information content (AvgIpc) is 2.92. The van der Waals surface area contributed by atoms with Gasteiger partial charge >= 0.3 is 0 Å². The molecule has 1 nitrogen and oxygen atoms in total. The molecule has 2 heteroatoms. The fourth-order valence-corrected chi connectivity index (χ4v) is 3.08. The summed E-state index contributed by atoms with van der Waals surface area (Å²) < 4.78 is 15.6. The number of nitrogens with zero attached hydrogens (tertiary/aromatic N) is 1. The highest BCUT2D eigenvalue weighted by molar-refractivity contribution is 6.00. The summed E-state index contributed by atoms with van der Waals surface area (Å²) in [6.07, 6.45) is 4.19. The van der Waals surface area contributed by atoms with Crippen molar-refractivity contribution in [1.29, 1.82) is 0 Å². The van der Waals surface area contributed by atoms with Crippen molar-refractivity contribution in [2.24, 2.45) is 0 Å². The van der Waals surface area contributed by atoms with Crippen LogP contribution in [0.2, 0.25) is 0 Å². The quantitative estimate of drug-likeness (QED) is 0.485. The lowest BCUT2D eigenvalue weighted by Crippen LogP contribution is -2.02. The third kappa shape index (κ3) is 3.28. The summed E-state index contributed by atoms with van der Waals surface area (Å²) in [6.45, 7) is 10.4. The van der Waals surface area contributed by atoms with Crippen LogP contribution in [0.3, 0.4) is 0 Å². The lowest BCUT2D eigenvalue weighted by atomic mass is 10.0. The van der Waals surface area contributed by atoms with Crippen LogP contribution in [-0.2, 0) is 0 Å². The van der Waals surface area contributed by atoms with Crippen LogP contribution >= 0.6 is 0 Å². The van der Waals surface area contributed by atoms with Gasteiger partial charge in [-0.05, 0) is 50.6 Å². The van der Waals surface area contributed by atoms with E-state index in [9.17, 15) is 4.39 Å². The molecule has 0 saturated carbocycles. The van der Waals surface area contributed by atoms with Gasteiger partial charge in [0.2, 0.25) is 0 Å². The molecular weight excluding hydrogens is 297 g/mol. The molecular formula is C22H26FN. The second-order valence-corrected chi connectivity index (χ2v) is 5.75. The van der Waals surface area contributed by atoms with Gasteiger partial charge < -0.3 is 4.57 Å². The minimum Gasteiger partial charge on any atom is -0.338 e. The fraction of sp³-hybridized carbons (Fsp3) is 0.273. The highest BCUT2D eigenvalue weighted by Crippen LogP contribution is 2.37. The van der Waals surface area contributed by atoms with Gasteiger partial charge in [0.25, 0.3) is 0 Å². The van der Waals surface area contributed by atoms with Crippen molar-refractivity contribution in [3.05, 3.63) is 66.1 Å². The summed E-state index contributed by atoms with van der Waals surface area (Å²) in [5, 5.41) is 1.20. The maximum absolute atomic E-state index is 13.3. The highest BCUT2D eigenvalue weighted by atomic mass is 19.1. The van der Waals surface area contributed by atoms with Crippen LogP contribution in [0.4, 0.5) is 4.39 Å². The Morgan fingerprint density at radius 1 is 0.958 bits per heavy atom. The summed E-state index contributed by atoms with van der Waals surface area (Å²) >= 11 is 0. The second kappa shape index (κ2) is 7.96. The van der Waals surface area contributed by atoms with Gasteiger partial charge in [-0.2, -0.15) is 0 Å². The standard InChI is InChI=1S/C20H20FN.C2H6/c1-4-7-19-20(15-10-12-16(21)13-11-15)17-8-5-6-9-18(17)22(19)14(2)3;1-2/h4-14H,1-3H3;1-2H3/b7-4+;. The zero-order valence-corrected chi connectivity index (χ0v) is 15.2. The van der Waals surface area contributed by atoms with Gasteiger partial charge in [-0.1, -0.05) is 50.3 Å². The van der Waals surface area contributed by atoms with Crippen molar-refractivity contribution in [3.8, 4) is 11.1 Å². The van der Waals surface area contributed by atoms with E-state index in [4.69, 9.17) is 0 Å². The Morgan fingerprint density at radius 2 is 1.58 bits per heavy atom. The molecule has 3 rings (SSSR count). The molecule has 0 saturated heterocycles. The number of para-hydroxylation sites is 1. The van der Waals surface area contributed by atoms with Crippen LogP contribution in [0.5, 0.6) is 0 Å². The van der Waals surface area contributed by atoms with Gasteiger partial charge in [-0.3, -0.25) is 0 Å². The van der Waals surface area contributed by atoms with Crippen LogP contribution in [0.15, 0.2) is 54.6 Å². The van der Waals surface area contributed by atoms with E-state index in [0.717, 1.165) is 5.56 Å². The number of fused-ring (bicyclic) bond motifs is 1. The van der Waals surface area contributed by atoms with Crippen LogP contribution in [-0.4, -0.2) is 4.57 Å². The van der Waals surface area contributed by atoms with E-state index in [1.165, 1.54) is 34.3 Å². The smallest absolute Gasteiger partial charge is 0.123 e. The predicted molar refractivity (Wildman–Crippen MR) is 104 cm³/mol. The number of allylic oxidation sites excluding steroid dienone is 1. The highest BCUT2D eigenvalue weighted by Gasteiger charge is 2.18. The minimum absolute atomic E-state index is 0.205. The number of rotatable bonds is 3. The summed E-state index contributed by atoms with van der Waals surface area (Å²) in [7, 11) is 0. The maximum Gasteiger partial charge on any atom is 0.123 e. The van der Waals surface area contributed by atoms with Gasteiger partial charge in [-0.15, -0.1) is 0 Å². The largest absolute Gasteiger partial charge is 0.338 e. The van der Waals surface area contributed by atoms with Crippen LogP contribution < -0.4 is 0 Å². The molecule has 0 fully saturated rings. The van der Waals surface area contributed by atoms with E-state index in [1.807, 2.05) is 32.9 Å². The number of halogens is 1. The van der Waals surface area contributed by atoms with Crippen LogP contribution in [0.1, 0.15) is 46.4 Å². The third-order valence-electron chi connectivity index (χ3n) is 3.92. The zero-order chi connectivity index (χ0) is 17.7. The molecule has 0 atom stereocenters. The summed E-state index contributed by atoms with van der Waals surface area (Å²) in [5.41, 5.74) is 4.60. The van der Waals surface area contributed by atoms with Gasteiger partial charge in [0.1, 0.15) is 5.82 Å². The Kier molecular flexibility index (Phi) is 5.97. The Bertz CT molecular complexity index is 823. The van der Waals surface area contributed by atoms with Crippen molar-refractivity contribution in [2.75, 3.05) is 0 Å². The Balaban J connectivity index is 0.00000100. The van der Waals surface area contributed by atoms with Crippen molar-refractivity contribution in [3.63, 3.8) is 0 Å². The first-order chi connectivity index (χ1) is 11.6. The third-order valence-corrected chi connectivity index (χ3v) is 3.92. The summed E-state index contributed by atoms with van der Waals surface area (Å²) in [6, 6.07) is 15.5. The number of hydrogen-bond acceptors (Lipinski definition) is 0. The molecule has 0 aliphatic heterocycles. The van der Waals surface area contributed by atoms with Gasteiger partial charge in [-0.25, -0.2) is 4.39 Å². The lowest BCUT2D eigenvalue weighted by Gasteiger charge is -2.13. The first-order valence-electron chi connectivity index (χ1n) is 8.65. The van der Waals surface area contributed by atoms with E-state index in [-0.39, 0.29) is 5.82 Å². The summed E-state index contributed by atoms with van der Waals surface area (Å²) in [4.78, 5) is 0. The van der Waals surface area contributed by atoms with Gasteiger partial charge in [0.15, 0.2) is 0 Å². The lowest BCUT2D eigenvalue weighted by molar-refractivity contribution is 0.618. The molecule has 0 N–H and O–H groups in total. The molecule has 24 heavy (non-hydrogen) atoms. The number of aromatic nitrogens is 1. The molecule has 0 spiro atoms. The molecule has 126 valence electrons. The van der Waals surface area contributed by atoms with Gasteiger partial charge in [0.05, 0.1) is 0 Å². The first kappa shape index (κ1) is 18.0. The molecule has 0 bridgehead atoms. The SMILES string of the molecule is C/C=C/c1c(-c2ccc(F)cc2)c2ccccc2n1C(C)C.CC. The van der Waals surface area contributed by atoms with E-state index in [2.05, 4.69) is 54.8 Å². The number of benzene rings is 2. The molecule has 0 radical (unpaired) electrons. The van der Waals surface area contributed by atoms with Crippen LogP contribution in [0.25, 0.3) is 28.1 Å². The van der Waals surface area contributed by atoms with E-state index < -0.39 is 0 Å². The molecule has 0 amide bonds. The van der Waals surface area contributed by atoms with E-state index >= 15 is 0 Å². The van der Waals surface area contributed by atoms with E-state index in [1.54, 1.807) is 0 Å². The first-order valence-corrected chi connectivity index (χ1v) is 8.65. The van der Waals surface area contributed by atoms with Crippen molar-refractivity contribution in [2.45, 2.75) is 40.7 Å². The Morgan fingerprint density at radius 3 is 2.17 bits per heavy atom. The number of hydrogen-bond donors (Lipinski definition) is 0. The van der Waals surface area contributed by atoms with E-state index in [0.29, 0.717) is 6.04 Å². The topological polar surface area (TPSA) is 4.93 Å². The molecule has 3 aromatic rings. The maximum atomic E-state index is 13.3. The van der Waals surface area contributed by atoms with Crippen LogP contribution in [0, 0.1) is 5.82 Å².